The van der Waals surface area contributed by atoms with Gasteiger partial charge in [-0.2, -0.15) is 0 Å². The van der Waals surface area contributed by atoms with Crippen LogP contribution in [-0.4, -0.2) is 21.9 Å². The van der Waals surface area contributed by atoms with Crippen molar-refractivity contribution in [3.8, 4) is 0 Å². The van der Waals surface area contributed by atoms with Crippen molar-refractivity contribution in [3.05, 3.63) is 12.2 Å². The maximum absolute atomic E-state index is 9.49. The first-order chi connectivity index (χ1) is 4.49. The fourth-order valence-electron chi connectivity index (χ4n) is 1.60. The van der Waals surface area contributed by atoms with Crippen molar-refractivity contribution in [2.75, 3.05) is 0 Å². The SMILES string of the molecule is C=C1CC(O)CC(C)(O)C1. The highest BCUT2D eigenvalue weighted by atomic mass is 16.3. The Morgan fingerprint density at radius 1 is 1.70 bits per heavy atom. The van der Waals surface area contributed by atoms with Gasteiger partial charge in [-0.05, 0) is 19.8 Å². The summed E-state index contributed by atoms with van der Waals surface area (Å²) in [6.07, 6.45) is 1.36. The van der Waals surface area contributed by atoms with Crippen LogP contribution in [0, 0.1) is 0 Å². The standard InChI is InChI=1S/C8H14O2/c1-6-3-7(9)5-8(2,10)4-6/h7,9-10H,1,3-5H2,2H3. The highest BCUT2D eigenvalue weighted by Gasteiger charge is 2.30. The van der Waals surface area contributed by atoms with Gasteiger partial charge in [0.15, 0.2) is 0 Å². The van der Waals surface area contributed by atoms with E-state index in [1.165, 1.54) is 0 Å². The molecule has 1 aliphatic rings. The summed E-state index contributed by atoms with van der Waals surface area (Å²) >= 11 is 0. The van der Waals surface area contributed by atoms with Gasteiger partial charge in [0.05, 0.1) is 11.7 Å². The van der Waals surface area contributed by atoms with Crippen molar-refractivity contribution in [2.45, 2.75) is 37.9 Å². The molecule has 0 aromatic heterocycles. The third-order valence-electron chi connectivity index (χ3n) is 1.83. The van der Waals surface area contributed by atoms with Crippen LogP contribution in [0.5, 0.6) is 0 Å². The fraction of sp³-hybridized carbons (Fsp3) is 0.750. The van der Waals surface area contributed by atoms with Crippen LogP contribution in [0.2, 0.25) is 0 Å². The summed E-state index contributed by atoms with van der Waals surface area (Å²) in [5.41, 5.74) is 0.220. The number of rotatable bonds is 0. The van der Waals surface area contributed by atoms with Crippen LogP contribution >= 0.6 is 0 Å². The van der Waals surface area contributed by atoms with Crippen LogP contribution in [0.15, 0.2) is 12.2 Å². The van der Waals surface area contributed by atoms with E-state index in [1.54, 1.807) is 6.92 Å². The molecule has 2 N–H and O–H groups in total. The van der Waals surface area contributed by atoms with Crippen LogP contribution in [0.4, 0.5) is 0 Å². The Morgan fingerprint density at radius 2 is 2.30 bits per heavy atom. The van der Waals surface area contributed by atoms with Crippen molar-refractivity contribution in [3.63, 3.8) is 0 Å². The molecule has 1 saturated carbocycles. The molecule has 1 aliphatic carbocycles. The summed E-state index contributed by atoms with van der Waals surface area (Å²) in [6.45, 7) is 5.48. The quantitative estimate of drug-likeness (QED) is 0.492. The number of aliphatic hydroxyl groups is 2. The summed E-state index contributed by atoms with van der Waals surface area (Å²) in [5.74, 6) is 0. The average Bonchev–Trinajstić information content (AvgIpc) is 1.54. The maximum Gasteiger partial charge on any atom is 0.0681 e. The van der Waals surface area contributed by atoms with E-state index in [9.17, 15) is 10.2 Å². The zero-order valence-electron chi connectivity index (χ0n) is 6.30. The molecule has 58 valence electrons. The predicted molar refractivity (Wildman–Crippen MR) is 39.6 cm³/mol. The van der Waals surface area contributed by atoms with Gasteiger partial charge in [0, 0.05) is 6.42 Å². The monoisotopic (exact) mass is 142 g/mol. The van der Waals surface area contributed by atoms with Gasteiger partial charge in [-0.25, -0.2) is 0 Å². The van der Waals surface area contributed by atoms with E-state index in [-0.39, 0.29) is 0 Å². The van der Waals surface area contributed by atoms with E-state index in [0.717, 1.165) is 5.57 Å². The highest BCUT2D eigenvalue weighted by molar-refractivity contribution is 5.06. The van der Waals surface area contributed by atoms with Crippen molar-refractivity contribution < 1.29 is 10.2 Å². The second kappa shape index (κ2) is 2.36. The molecule has 0 amide bonds. The highest BCUT2D eigenvalue weighted by Crippen LogP contribution is 2.30. The van der Waals surface area contributed by atoms with E-state index >= 15 is 0 Å². The van der Waals surface area contributed by atoms with Crippen molar-refractivity contribution >= 4 is 0 Å². The topological polar surface area (TPSA) is 40.5 Å². The Balaban J connectivity index is 2.59. The largest absolute Gasteiger partial charge is 0.393 e. The lowest BCUT2D eigenvalue weighted by molar-refractivity contribution is -0.0129. The number of hydrogen-bond acceptors (Lipinski definition) is 2. The molecule has 0 spiro atoms. The first kappa shape index (κ1) is 7.76. The van der Waals surface area contributed by atoms with E-state index in [0.29, 0.717) is 19.3 Å². The molecule has 0 aromatic rings. The molecule has 10 heavy (non-hydrogen) atoms. The molecule has 2 nitrogen and oxygen atoms in total. The second-order valence-corrected chi connectivity index (χ2v) is 3.49. The Hall–Kier alpha value is -0.340. The van der Waals surface area contributed by atoms with E-state index in [1.807, 2.05) is 0 Å². The summed E-state index contributed by atoms with van der Waals surface area (Å²) in [7, 11) is 0. The Labute approximate surface area is 61.2 Å². The lowest BCUT2D eigenvalue weighted by atomic mass is 9.82. The van der Waals surface area contributed by atoms with Crippen molar-refractivity contribution in [2.24, 2.45) is 0 Å². The van der Waals surface area contributed by atoms with Crippen LogP contribution in [0.25, 0.3) is 0 Å². The predicted octanol–water partition coefficient (Wildman–Crippen LogP) is 0.838. The number of aliphatic hydroxyl groups excluding tert-OH is 1. The third kappa shape index (κ3) is 1.82. The number of hydrogen-bond donors (Lipinski definition) is 2. The van der Waals surface area contributed by atoms with Gasteiger partial charge < -0.3 is 10.2 Å². The minimum atomic E-state index is -0.727. The molecule has 0 saturated heterocycles. The molecule has 0 bridgehead atoms. The lowest BCUT2D eigenvalue weighted by Gasteiger charge is -2.32. The van der Waals surface area contributed by atoms with Gasteiger partial charge in [-0.15, -0.1) is 0 Å². The first-order valence-corrected chi connectivity index (χ1v) is 3.57. The van der Waals surface area contributed by atoms with E-state index in [2.05, 4.69) is 6.58 Å². The third-order valence-corrected chi connectivity index (χ3v) is 1.83. The minimum absolute atomic E-state index is 0.392. The molecule has 1 fully saturated rings. The van der Waals surface area contributed by atoms with Crippen molar-refractivity contribution in [1.82, 2.24) is 0 Å². The van der Waals surface area contributed by atoms with E-state index in [4.69, 9.17) is 0 Å². The van der Waals surface area contributed by atoms with Gasteiger partial charge in [-0.3, -0.25) is 0 Å². The molecule has 0 radical (unpaired) electrons. The first-order valence-electron chi connectivity index (χ1n) is 3.57. The normalized spacial score (nSPS) is 41.9. The fourth-order valence-corrected chi connectivity index (χ4v) is 1.60. The summed E-state index contributed by atoms with van der Waals surface area (Å²) in [4.78, 5) is 0. The van der Waals surface area contributed by atoms with Crippen LogP contribution in [-0.2, 0) is 0 Å². The van der Waals surface area contributed by atoms with Gasteiger partial charge in [0.1, 0.15) is 0 Å². The molecular formula is C8H14O2. The summed E-state index contributed by atoms with van der Waals surface area (Å²) < 4.78 is 0. The summed E-state index contributed by atoms with van der Waals surface area (Å²) in [5, 5.41) is 18.7. The molecule has 0 aromatic carbocycles. The van der Waals surface area contributed by atoms with E-state index < -0.39 is 11.7 Å². The van der Waals surface area contributed by atoms with Gasteiger partial charge >= 0.3 is 0 Å². The molecule has 0 heterocycles. The Kier molecular flexibility index (Phi) is 1.84. The molecular weight excluding hydrogens is 128 g/mol. The molecule has 2 unspecified atom stereocenters. The van der Waals surface area contributed by atoms with Gasteiger partial charge in [-0.1, -0.05) is 12.2 Å². The molecule has 0 aliphatic heterocycles. The smallest absolute Gasteiger partial charge is 0.0681 e. The Bertz CT molecular complexity index is 149. The maximum atomic E-state index is 9.49. The summed E-state index contributed by atoms with van der Waals surface area (Å²) in [6, 6.07) is 0. The van der Waals surface area contributed by atoms with Crippen LogP contribution in [0.3, 0.4) is 0 Å². The van der Waals surface area contributed by atoms with Gasteiger partial charge in [0.25, 0.3) is 0 Å². The van der Waals surface area contributed by atoms with Crippen LogP contribution in [0.1, 0.15) is 26.2 Å². The molecule has 2 heteroatoms. The zero-order chi connectivity index (χ0) is 7.78. The minimum Gasteiger partial charge on any atom is -0.393 e. The van der Waals surface area contributed by atoms with Crippen molar-refractivity contribution in [1.29, 1.82) is 0 Å². The van der Waals surface area contributed by atoms with Gasteiger partial charge in [0.2, 0.25) is 0 Å². The zero-order valence-corrected chi connectivity index (χ0v) is 6.30. The van der Waals surface area contributed by atoms with Crippen LogP contribution < -0.4 is 0 Å². The average molecular weight is 142 g/mol. The second-order valence-electron chi connectivity index (χ2n) is 3.49. The molecule has 2 atom stereocenters. The Morgan fingerprint density at radius 3 is 2.70 bits per heavy atom. The lowest BCUT2D eigenvalue weighted by Crippen LogP contribution is -2.35. The molecule has 1 rings (SSSR count).